The van der Waals surface area contributed by atoms with Gasteiger partial charge < -0.3 is 10.6 Å². The molecule has 0 radical (unpaired) electrons. The largest absolute Gasteiger partial charge is 0.385 e. The molecule has 1 aromatic rings. The lowest BCUT2D eigenvalue weighted by molar-refractivity contribution is -0.122. The lowest BCUT2D eigenvalue weighted by atomic mass is 10.1. The highest BCUT2D eigenvalue weighted by Gasteiger charge is 2.12. The van der Waals surface area contributed by atoms with Crippen LogP contribution in [0.3, 0.4) is 0 Å². The van der Waals surface area contributed by atoms with Gasteiger partial charge in [-0.15, -0.1) is 0 Å². The van der Waals surface area contributed by atoms with Gasteiger partial charge in [-0.25, -0.2) is 0 Å². The molecular weight excluding hydrogens is 226 g/mol. The molecule has 0 aliphatic carbocycles. The molecule has 4 heteroatoms. The van der Waals surface area contributed by atoms with Gasteiger partial charge in [0.15, 0.2) is 0 Å². The number of carbonyl (C=O) groups is 1. The first-order valence-corrected chi connectivity index (χ1v) is 5.96. The second-order valence-electron chi connectivity index (χ2n) is 5.16. The van der Waals surface area contributed by atoms with E-state index in [1.807, 2.05) is 32.9 Å². The highest BCUT2D eigenvalue weighted by Crippen LogP contribution is 2.08. The summed E-state index contributed by atoms with van der Waals surface area (Å²) in [4.78, 5) is 11.6. The van der Waals surface area contributed by atoms with Crippen molar-refractivity contribution in [3.63, 3.8) is 0 Å². The molecule has 0 aromatic heterocycles. The zero-order valence-corrected chi connectivity index (χ0v) is 11.1. The van der Waals surface area contributed by atoms with Gasteiger partial charge in [0.2, 0.25) is 5.91 Å². The van der Waals surface area contributed by atoms with E-state index in [0.29, 0.717) is 18.5 Å². The molecule has 0 unspecified atom stereocenters. The maximum atomic E-state index is 11.6. The van der Waals surface area contributed by atoms with Crippen LogP contribution in [0.25, 0.3) is 0 Å². The number of amides is 1. The van der Waals surface area contributed by atoms with Crippen LogP contribution < -0.4 is 10.6 Å². The number of carbonyl (C=O) groups excluding carboxylic acids is 1. The number of nitrogens with one attached hydrogen (secondary N) is 2. The SMILES string of the molecule is CC(C)(C)NC(=O)CCNc1ccc(C#N)cc1. The highest BCUT2D eigenvalue weighted by molar-refractivity contribution is 5.77. The van der Waals surface area contributed by atoms with Crippen molar-refractivity contribution >= 4 is 11.6 Å². The number of nitriles is 1. The van der Waals surface area contributed by atoms with Crippen molar-refractivity contribution in [3.05, 3.63) is 29.8 Å². The summed E-state index contributed by atoms with van der Waals surface area (Å²) in [5.41, 5.74) is 1.36. The fourth-order valence-corrected chi connectivity index (χ4v) is 1.46. The first-order valence-electron chi connectivity index (χ1n) is 5.96. The van der Waals surface area contributed by atoms with Crippen molar-refractivity contribution in [1.29, 1.82) is 5.26 Å². The molecule has 4 nitrogen and oxygen atoms in total. The third kappa shape index (κ3) is 5.35. The van der Waals surface area contributed by atoms with Gasteiger partial charge in [-0.05, 0) is 45.0 Å². The van der Waals surface area contributed by atoms with Crippen molar-refractivity contribution < 1.29 is 4.79 Å². The number of nitrogens with zero attached hydrogens (tertiary/aromatic N) is 1. The van der Waals surface area contributed by atoms with Crippen LogP contribution in [0.5, 0.6) is 0 Å². The summed E-state index contributed by atoms with van der Waals surface area (Å²) in [7, 11) is 0. The Bertz CT molecular complexity index is 438. The van der Waals surface area contributed by atoms with Crippen LogP contribution in [0, 0.1) is 11.3 Å². The number of rotatable bonds is 4. The van der Waals surface area contributed by atoms with Gasteiger partial charge >= 0.3 is 0 Å². The molecule has 0 atom stereocenters. The van der Waals surface area contributed by atoms with E-state index < -0.39 is 0 Å². The fraction of sp³-hybridized carbons (Fsp3) is 0.429. The van der Waals surface area contributed by atoms with Gasteiger partial charge in [-0.2, -0.15) is 5.26 Å². The van der Waals surface area contributed by atoms with Crippen LogP contribution >= 0.6 is 0 Å². The molecule has 0 bridgehead atoms. The number of benzene rings is 1. The molecule has 0 aliphatic heterocycles. The van der Waals surface area contributed by atoms with Gasteiger partial charge in [-0.3, -0.25) is 4.79 Å². The zero-order valence-electron chi connectivity index (χ0n) is 11.1. The minimum Gasteiger partial charge on any atom is -0.385 e. The second-order valence-corrected chi connectivity index (χ2v) is 5.16. The van der Waals surface area contributed by atoms with Gasteiger partial charge in [0.05, 0.1) is 11.6 Å². The van der Waals surface area contributed by atoms with Crippen molar-refractivity contribution in [2.75, 3.05) is 11.9 Å². The van der Waals surface area contributed by atoms with Crippen molar-refractivity contribution in [2.45, 2.75) is 32.7 Å². The molecule has 0 fully saturated rings. The maximum Gasteiger partial charge on any atom is 0.222 e. The molecule has 0 saturated carbocycles. The number of hydrogen-bond donors (Lipinski definition) is 2. The van der Waals surface area contributed by atoms with Crippen LogP contribution in [-0.4, -0.2) is 18.0 Å². The minimum absolute atomic E-state index is 0.0312. The van der Waals surface area contributed by atoms with E-state index >= 15 is 0 Å². The van der Waals surface area contributed by atoms with Crippen LogP contribution in [-0.2, 0) is 4.79 Å². The fourth-order valence-electron chi connectivity index (χ4n) is 1.46. The molecule has 2 N–H and O–H groups in total. The quantitative estimate of drug-likeness (QED) is 0.855. The Kier molecular flexibility index (Phi) is 4.73. The summed E-state index contributed by atoms with van der Waals surface area (Å²) in [5.74, 6) is 0.0312. The van der Waals surface area contributed by atoms with Crippen molar-refractivity contribution in [1.82, 2.24) is 5.32 Å². The molecule has 1 aromatic carbocycles. The van der Waals surface area contributed by atoms with Crippen LogP contribution in [0.4, 0.5) is 5.69 Å². The van der Waals surface area contributed by atoms with Crippen molar-refractivity contribution in [3.8, 4) is 6.07 Å². The van der Waals surface area contributed by atoms with Gasteiger partial charge in [0, 0.05) is 24.2 Å². The summed E-state index contributed by atoms with van der Waals surface area (Å²) >= 11 is 0. The van der Waals surface area contributed by atoms with Gasteiger partial charge in [-0.1, -0.05) is 0 Å². The maximum absolute atomic E-state index is 11.6. The smallest absolute Gasteiger partial charge is 0.222 e. The van der Waals surface area contributed by atoms with E-state index in [-0.39, 0.29) is 11.4 Å². The average molecular weight is 245 g/mol. The van der Waals surface area contributed by atoms with Crippen LogP contribution in [0.1, 0.15) is 32.8 Å². The van der Waals surface area contributed by atoms with E-state index in [0.717, 1.165) is 5.69 Å². The molecule has 0 aliphatic rings. The summed E-state index contributed by atoms with van der Waals surface area (Å²) in [6.45, 7) is 6.45. The topological polar surface area (TPSA) is 64.9 Å². The number of hydrogen-bond acceptors (Lipinski definition) is 3. The van der Waals surface area contributed by atoms with E-state index in [1.165, 1.54) is 0 Å². The summed E-state index contributed by atoms with van der Waals surface area (Å²) < 4.78 is 0. The first-order chi connectivity index (χ1) is 8.40. The minimum atomic E-state index is -0.189. The third-order valence-corrected chi connectivity index (χ3v) is 2.21. The Morgan fingerprint density at radius 2 is 1.89 bits per heavy atom. The van der Waals surface area contributed by atoms with E-state index in [1.54, 1.807) is 12.1 Å². The Morgan fingerprint density at radius 3 is 2.39 bits per heavy atom. The van der Waals surface area contributed by atoms with Crippen LogP contribution in [0.2, 0.25) is 0 Å². The Morgan fingerprint density at radius 1 is 1.28 bits per heavy atom. The molecule has 18 heavy (non-hydrogen) atoms. The van der Waals surface area contributed by atoms with E-state index in [2.05, 4.69) is 16.7 Å². The number of anilines is 1. The Labute approximate surface area is 108 Å². The van der Waals surface area contributed by atoms with Gasteiger partial charge in [0.1, 0.15) is 0 Å². The second kappa shape index (κ2) is 6.06. The zero-order chi connectivity index (χ0) is 13.6. The first kappa shape index (κ1) is 14.0. The summed E-state index contributed by atoms with van der Waals surface area (Å²) in [6, 6.07) is 9.22. The molecule has 0 saturated heterocycles. The summed E-state index contributed by atoms with van der Waals surface area (Å²) in [5, 5.41) is 14.7. The summed E-state index contributed by atoms with van der Waals surface area (Å²) in [6.07, 6.45) is 0.428. The average Bonchev–Trinajstić information content (AvgIpc) is 2.27. The molecule has 1 rings (SSSR count). The van der Waals surface area contributed by atoms with Gasteiger partial charge in [0.25, 0.3) is 0 Å². The molecule has 0 spiro atoms. The lowest BCUT2D eigenvalue weighted by Crippen LogP contribution is -2.41. The van der Waals surface area contributed by atoms with E-state index in [4.69, 9.17) is 5.26 Å². The van der Waals surface area contributed by atoms with E-state index in [9.17, 15) is 4.79 Å². The highest BCUT2D eigenvalue weighted by atomic mass is 16.1. The molecule has 1 amide bonds. The molecule has 0 heterocycles. The third-order valence-electron chi connectivity index (χ3n) is 2.21. The normalized spacial score (nSPS) is 10.6. The van der Waals surface area contributed by atoms with Crippen molar-refractivity contribution in [2.24, 2.45) is 0 Å². The monoisotopic (exact) mass is 245 g/mol. The molecular formula is C14H19N3O. The predicted octanol–water partition coefficient (Wildman–Crippen LogP) is 2.27. The predicted molar refractivity (Wildman–Crippen MR) is 72.2 cm³/mol. The molecule has 96 valence electrons. The Hall–Kier alpha value is -2.02. The lowest BCUT2D eigenvalue weighted by Gasteiger charge is -2.20. The standard InChI is InChI=1S/C14H19N3O/c1-14(2,3)17-13(18)8-9-16-12-6-4-11(10-15)5-7-12/h4-7,16H,8-9H2,1-3H3,(H,17,18). The Balaban J connectivity index is 2.33. The van der Waals surface area contributed by atoms with Crippen LogP contribution in [0.15, 0.2) is 24.3 Å².